The molecule has 0 radical (unpaired) electrons. The van der Waals surface area contributed by atoms with E-state index in [1.807, 2.05) is 0 Å². The summed E-state index contributed by atoms with van der Waals surface area (Å²) in [6.07, 6.45) is 1.46. The molecule has 1 fully saturated rings. The number of hydrogen-bond acceptors (Lipinski definition) is 2. The highest BCUT2D eigenvalue weighted by molar-refractivity contribution is 5.37. The molecular formula is C10H11NO. The Hall–Kier alpha value is -0.860. The van der Waals surface area contributed by atoms with Crippen LogP contribution in [0.2, 0.25) is 0 Å². The minimum atomic E-state index is 0.306. The first-order chi connectivity index (χ1) is 5.95. The van der Waals surface area contributed by atoms with E-state index in [1.54, 1.807) is 0 Å². The highest BCUT2D eigenvalue weighted by Crippen LogP contribution is 2.43. The van der Waals surface area contributed by atoms with Crippen molar-refractivity contribution in [1.29, 1.82) is 0 Å². The Labute approximate surface area is 71.5 Å². The number of benzene rings is 1. The van der Waals surface area contributed by atoms with E-state index in [-0.39, 0.29) is 0 Å². The molecule has 2 unspecified atom stereocenters. The van der Waals surface area contributed by atoms with E-state index < -0.39 is 0 Å². The Balaban J connectivity index is 2.16. The summed E-state index contributed by atoms with van der Waals surface area (Å²) < 4.78 is 0. The molecule has 2 aliphatic rings. The maximum absolute atomic E-state index is 5.45. The summed E-state index contributed by atoms with van der Waals surface area (Å²) in [6, 6.07) is 8.59. The number of fused-ring (bicyclic) bond motifs is 5. The van der Waals surface area contributed by atoms with Crippen molar-refractivity contribution in [3.05, 3.63) is 35.4 Å². The SMILES string of the molecule is c1ccc2c(c1)C1CNOC2C1. The summed E-state index contributed by atoms with van der Waals surface area (Å²) in [4.78, 5) is 5.45. The summed E-state index contributed by atoms with van der Waals surface area (Å²) >= 11 is 0. The fourth-order valence-electron chi connectivity index (χ4n) is 2.24. The van der Waals surface area contributed by atoms with Crippen LogP contribution in [0.25, 0.3) is 0 Å². The minimum absolute atomic E-state index is 0.306. The van der Waals surface area contributed by atoms with E-state index in [1.165, 1.54) is 11.1 Å². The van der Waals surface area contributed by atoms with E-state index in [0.717, 1.165) is 13.0 Å². The van der Waals surface area contributed by atoms with Crippen LogP contribution in [-0.4, -0.2) is 6.54 Å². The molecule has 1 saturated heterocycles. The van der Waals surface area contributed by atoms with Crippen molar-refractivity contribution in [1.82, 2.24) is 5.48 Å². The van der Waals surface area contributed by atoms with Gasteiger partial charge in [-0.1, -0.05) is 24.3 Å². The first kappa shape index (κ1) is 6.63. The topological polar surface area (TPSA) is 21.3 Å². The molecule has 12 heavy (non-hydrogen) atoms. The van der Waals surface area contributed by atoms with E-state index >= 15 is 0 Å². The van der Waals surface area contributed by atoms with Crippen LogP contribution in [0, 0.1) is 0 Å². The van der Waals surface area contributed by atoms with Crippen LogP contribution in [0.3, 0.4) is 0 Å². The van der Waals surface area contributed by atoms with Crippen LogP contribution in [0.15, 0.2) is 24.3 Å². The van der Waals surface area contributed by atoms with Gasteiger partial charge < -0.3 is 0 Å². The second kappa shape index (κ2) is 2.31. The molecular weight excluding hydrogens is 150 g/mol. The molecule has 2 nitrogen and oxygen atoms in total. The summed E-state index contributed by atoms with van der Waals surface area (Å²) in [5, 5.41) is 0. The molecule has 0 amide bonds. The van der Waals surface area contributed by atoms with Crippen molar-refractivity contribution in [2.45, 2.75) is 18.4 Å². The highest BCUT2D eigenvalue weighted by Gasteiger charge is 2.34. The van der Waals surface area contributed by atoms with Crippen LogP contribution in [-0.2, 0) is 4.84 Å². The van der Waals surface area contributed by atoms with Crippen molar-refractivity contribution in [2.24, 2.45) is 0 Å². The van der Waals surface area contributed by atoms with E-state index in [4.69, 9.17) is 4.84 Å². The zero-order valence-corrected chi connectivity index (χ0v) is 6.79. The van der Waals surface area contributed by atoms with Gasteiger partial charge in [-0.05, 0) is 17.5 Å². The standard InChI is InChI=1S/C10H11NO/c1-2-4-9-8(3-1)7-5-10(9)12-11-6-7/h1-4,7,10-11H,5-6H2. The lowest BCUT2D eigenvalue weighted by Crippen LogP contribution is -2.26. The zero-order valence-electron chi connectivity index (χ0n) is 6.79. The van der Waals surface area contributed by atoms with Gasteiger partial charge in [0, 0.05) is 12.5 Å². The molecule has 0 aromatic heterocycles. The fraction of sp³-hybridized carbons (Fsp3) is 0.400. The average Bonchev–Trinajstić information content (AvgIpc) is 2.41. The quantitative estimate of drug-likeness (QED) is 0.626. The van der Waals surface area contributed by atoms with Crippen molar-refractivity contribution < 1.29 is 4.84 Å². The van der Waals surface area contributed by atoms with Gasteiger partial charge in [-0.25, -0.2) is 5.48 Å². The molecule has 1 aliphatic heterocycles. The normalized spacial score (nSPS) is 31.7. The Kier molecular flexibility index (Phi) is 1.28. The van der Waals surface area contributed by atoms with Crippen LogP contribution < -0.4 is 5.48 Å². The van der Waals surface area contributed by atoms with Crippen molar-refractivity contribution in [3.8, 4) is 0 Å². The first-order valence-electron chi connectivity index (χ1n) is 4.42. The van der Waals surface area contributed by atoms with Crippen molar-refractivity contribution >= 4 is 0 Å². The van der Waals surface area contributed by atoms with Crippen LogP contribution in [0.5, 0.6) is 0 Å². The van der Waals surface area contributed by atoms with E-state index in [9.17, 15) is 0 Å². The van der Waals surface area contributed by atoms with Crippen molar-refractivity contribution in [3.63, 3.8) is 0 Å². The maximum atomic E-state index is 5.45. The second-order valence-corrected chi connectivity index (χ2v) is 3.52. The molecule has 2 heteroatoms. The molecule has 2 bridgehead atoms. The lowest BCUT2D eigenvalue weighted by atomic mass is 10.0. The van der Waals surface area contributed by atoms with Gasteiger partial charge in [-0.3, -0.25) is 4.84 Å². The third-order valence-electron chi connectivity index (χ3n) is 2.84. The second-order valence-electron chi connectivity index (χ2n) is 3.52. The lowest BCUT2D eigenvalue weighted by Gasteiger charge is -2.19. The molecule has 1 aromatic rings. The summed E-state index contributed by atoms with van der Waals surface area (Å²) in [6.45, 7) is 0.966. The van der Waals surface area contributed by atoms with Gasteiger partial charge in [0.1, 0.15) is 6.10 Å². The number of nitrogens with one attached hydrogen (secondary N) is 1. The van der Waals surface area contributed by atoms with E-state index in [0.29, 0.717) is 12.0 Å². The number of rotatable bonds is 0. The molecule has 0 spiro atoms. The molecule has 1 heterocycles. The monoisotopic (exact) mass is 161 g/mol. The summed E-state index contributed by atoms with van der Waals surface area (Å²) in [5.41, 5.74) is 5.85. The molecule has 3 rings (SSSR count). The maximum Gasteiger partial charge on any atom is 0.105 e. The predicted molar refractivity (Wildman–Crippen MR) is 45.6 cm³/mol. The third-order valence-corrected chi connectivity index (χ3v) is 2.84. The fourth-order valence-corrected chi connectivity index (χ4v) is 2.24. The predicted octanol–water partition coefficient (Wildman–Crippen LogP) is 1.75. The van der Waals surface area contributed by atoms with Crippen molar-refractivity contribution in [2.75, 3.05) is 6.54 Å². The largest absolute Gasteiger partial charge is 0.294 e. The van der Waals surface area contributed by atoms with Crippen LogP contribution >= 0.6 is 0 Å². The smallest absolute Gasteiger partial charge is 0.105 e. The molecule has 1 N–H and O–H groups in total. The lowest BCUT2D eigenvalue weighted by molar-refractivity contribution is -0.0532. The zero-order chi connectivity index (χ0) is 7.97. The molecule has 0 saturated carbocycles. The Morgan fingerprint density at radius 1 is 1.25 bits per heavy atom. The van der Waals surface area contributed by atoms with Gasteiger partial charge in [0.25, 0.3) is 0 Å². The Bertz CT molecular complexity index is 281. The van der Waals surface area contributed by atoms with Crippen LogP contribution in [0.4, 0.5) is 0 Å². The van der Waals surface area contributed by atoms with E-state index in [2.05, 4.69) is 29.7 Å². The third kappa shape index (κ3) is 0.765. The molecule has 2 atom stereocenters. The van der Waals surface area contributed by atoms with Gasteiger partial charge in [0.05, 0.1) is 0 Å². The van der Waals surface area contributed by atoms with Gasteiger partial charge >= 0.3 is 0 Å². The highest BCUT2D eigenvalue weighted by atomic mass is 16.7. The average molecular weight is 161 g/mol. The Morgan fingerprint density at radius 3 is 3.00 bits per heavy atom. The summed E-state index contributed by atoms with van der Waals surface area (Å²) in [5.74, 6) is 0.681. The first-order valence-corrected chi connectivity index (χ1v) is 4.42. The minimum Gasteiger partial charge on any atom is -0.294 e. The van der Waals surface area contributed by atoms with Gasteiger partial charge in [0.15, 0.2) is 0 Å². The molecule has 1 aromatic carbocycles. The summed E-state index contributed by atoms with van der Waals surface area (Å²) in [7, 11) is 0. The number of hydroxylamine groups is 1. The van der Waals surface area contributed by atoms with Crippen LogP contribution in [0.1, 0.15) is 29.6 Å². The molecule has 62 valence electrons. The number of hydrogen-bond donors (Lipinski definition) is 1. The Morgan fingerprint density at radius 2 is 2.08 bits per heavy atom. The van der Waals surface area contributed by atoms with Gasteiger partial charge in [0.2, 0.25) is 0 Å². The van der Waals surface area contributed by atoms with Gasteiger partial charge in [-0.15, -0.1) is 0 Å². The molecule has 1 aliphatic carbocycles. The van der Waals surface area contributed by atoms with Gasteiger partial charge in [-0.2, -0.15) is 0 Å².